The number of nitrogen functional groups attached to an aromatic ring is 1. The van der Waals surface area contributed by atoms with Gasteiger partial charge in [0.2, 0.25) is 11.9 Å². The maximum atomic E-state index is 13.4. The molecule has 0 radical (unpaired) electrons. The van der Waals surface area contributed by atoms with E-state index in [9.17, 15) is 4.39 Å². The van der Waals surface area contributed by atoms with Gasteiger partial charge in [-0.1, -0.05) is 12.1 Å². The van der Waals surface area contributed by atoms with Crippen LogP contribution in [0.25, 0.3) is 11.0 Å². The van der Waals surface area contributed by atoms with Crippen molar-refractivity contribution in [3.8, 4) is 0 Å². The highest BCUT2D eigenvalue weighted by molar-refractivity contribution is 5.78. The molecule has 3 N–H and O–H groups in total. The van der Waals surface area contributed by atoms with Gasteiger partial charge in [0.05, 0.1) is 6.04 Å². The molecule has 3 aromatic rings. The van der Waals surface area contributed by atoms with E-state index in [-0.39, 0.29) is 23.8 Å². The molecule has 3 rings (SSSR count). The largest absolute Gasteiger partial charge is 0.459 e. The monoisotopic (exact) mass is 315 g/mol. The Morgan fingerprint density at radius 1 is 1.17 bits per heavy atom. The first-order chi connectivity index (χ1) is 10.9. The molecule has 0 saturated heterocycles. The molecule has 0 aliphatic carbocycles. The summed E-state index contributed by atoms with van der Waals surface area (Å²) in [5, 5.41) is 4.09. The number of aromatic nitrogens is 3. The Balaban J connectivity index is 1.86. The van der Waals surface area contributed by atoms with E-state index in [1.807, 2.05) is 38.1 Å². The van der Waals surface area contributed by atoms with Crippen molar-refractivity contribution in [3.63, 3.8) is 0 Å². The molecule has 2 atom stereocenters. The summed E-state index contributed by atoms with van der Waals surface area (Å²) in [6.07, 6.45) is -1.31. The van der Waals surface area contributed by atoms with E-state index in [0.29, 0.717) is 0 Å². The maximum absolute atomic E-state index is 13.4. The summed E-state index contributed by atoms with van der Waals surface area (Å²) in [4.78, 5) is 11.8. The van der Waals surface area contributed by atoms with Crippen LogP contribution in [-0.4, -0.2) is 15.0 Å². The Hall–Kier alpha value is -2.70. The van der Waals surface area contributed by atoms with Gasteiger partial charge in [0, 0.05) is 5.39 Å². The molecule has 0 saturated carbocycles. The van der Waals surface area contributed by atoms with Gasteiger partial charge in [-0.2, -0.15) is 15.0 Å². The minimum Gasteiger partial charge on any atom is -0.459 e. The van der Waals surface area contributed by atoms with Crippen molar-refractivity contribution in [2.75, 3.05) is 11.1 Å². The van der Waals surface area contributed by atoms with Gasteiger partial charge in [0.25, 0.3) is 0 Å². The molecule has 2 aromatic heterocycles. The second-order valence-corrected chi connectivity index (χ2v) is 5.55. The van der Waals surface area contributed by atoms with E-state index in [0.717, 1.165) is 22.3 Å². The number of halogens is 1. The van der Waals surface area contributed by atoms with Crippen molar-refractivity contribution in [1.82, 2.24) is 15.0 Å². The Morgan fingerprint density at radius 2 is 1.96 bits per heavy atom. The van der Waals surface area contributed by atoms with E-state index in [1.54, 1.807) is 0 Å². The number of alkyl halides is 1. The number of anilines is 2. The average Bonchev–Trinajstić information content (AvgIpc) is 2.89. The number of aryl methyl sites for hydroxylation is 1. The predicted molar refractivity (Wildman–Crippen MR) is 86.8 cm³/mol. The molecule has 23 heavy (non-hydrogen) atoms. The Kier molecular flexibility index (Phi) is 3.85. The second-order valence-electron chi connectivity index (χ2n) is 5.55. The highest BCUT2D eigenvalue weighted by Gasteiger charge is 2.15. The number of benzene rings is 1. The summed E-state index contributed by atoms with van der Waals surface area (Å²) in [6.45, 7) is 5.27. The van der Waals surface area contributed by atoms with E-state index in [4.69, 9.17) is 10.2 Å². The lowest BCUT2D eigenvalue weighted by Gasteiger charge is -2.12. The molecule has 7 heteroatoms. The third-order valence-electron chi connectivity index (χ3n) is 3.49. The molecule has 1 aromatic carbocycles. The van der Waals surface area contributed by atoms with E-state index in [2.05, 4.69) is 20.3 Å². The normalized spacial score (nSPS) is 13.9. The number of rotatable bonds is 4. The van der Waals surface area contributed by atoms with E-state index >= 15 is 0 Å². The molecule has 0 aliphatic heterocycles. The van der Waals surface area contributed by atoms with Crippen molar-refractivity contribution in [2.45, 2.75) is 33.0 Å². The van der Waals surface area contributed by atoms with Crippen LogP contribution in [0.1, 0.15) is 43.2 Å². The zero-order valence-corrected chi connectivity index (χ0v) is 13.2. The first kappa shape index (κ1) is 15.2. The van der Waals surface area contributed by atoms with Crippen LogP contribution >= 0.6 is 0 Å². The molecule has 6 nitrogen and oxygen atoms in total. The fraction of sp³-hybridized carbons (Fsp3) is 0.312. The number of hydrogen-bond acceptors (Lipinski definition) is 6. The standard InChI is InChI=1S/C16H18FN5O/c1-8-4-5-11-7-12(23-13(11)6-8)10(3)19-16-21-14(9(2)17)20-15(18)22-16/h4-7,9-10H,1-3H3,(H3,18,19,20,21,22). The lowest BCUT2D eigenvalue weighted by atomic mass is 10.2. The van der Waals surface area contributed by atoms with Crippen LogP contribution in [0.3, 0.4) is 0 Å². The smallest absolute Gasteiger partial charge is 0.228 e. The topological polar surface area (TPSA) is 89.9 Å². The van der Waals surface area contributed by atoms with Gasteiger partial charge in [0.1, 0.15) is 11.3 Å². The molecule has 0 spiro atoms. The molecule has 120 valence electrons. The Labute approximate surface area is 133 Å². The Morgan fingerprint density at radius 3 is 2.70 bits per heavy atom. The van der Waals surface area contributed by atoms with Gasteiger partial charge in [-0.05, 0) is 38.5 Å². The van der Waals surface area contributed by atoms with Gasteiger partial charge < -0.3 is 15.5 Å². The molecular weight excluding hydrogens is 297 g/mol. The minimum absolute atomic E-state index is 0.00688. The maximum Gasteiger partial charge on any atom is 0.228 e. The van der Waals surface area contributed by atoms with Crippen LogP contribution in [0.4, 0.5) is 16.3 Å². The number of furan rings is 1. The van der Waals surface area contributed by atoms with Gasteiger partial charge in [0.15, 0.2) is 12.0 Å². The fourth-order valence-corrected chi connectivity index (χ4v) is 2.29. The predicted octanol–water partition coefficient (Wildman–Crippen LogP) is 3.71. The molecule has 0 bridgehead atoms. The van der Waals surface area contributed by atoms with Crippen molar-refractivity contribution >= 4 is 22.9 Å². The molecule has 2 heterocycles. The highest BCUT2D eigenvalue weighted by Crippen LogP contribution is 2.26. The summed E-state index contributed by atoms with van der Waals surface area (Å²) in [7, 11) is 0. The molecule has 0 aliphatic rings. The first-order valence-corrected chi connectivity index (χ1v) is 7.34. The number of nitrogens with zero attached hydrogens (tertiary/aromatic N) is 3. The summed E-state index contributed by atoms with van der Waals surface area (Å²) >= 11 is 0. The third kappa shape index (κ3) is 3.23. The number of nitrogens with one attached hydrogen (secondary N) is 1. The molecule has 0 fully saturated rings. The molecular formula is C16H18FN5O. The summed E-state index contributed by atoms with van der Waals surface area (Å²) in [6, 6.07) is 7.77. The van der Waals surface area contributed by atoms with Crippen LogP contribution in [-0.2, 0) is 0 Å². The van der Waals surface area contributed by atoms with Crippen LogP contribution in [0.5, 0.6) is 0 Å². The van der Waals surface area contributed by atoms with Crippen LogP contribution in [0, 0.1) is 6.92 Å². The van der Waals surface area contributed by atoms with Crippen LogP contribution in [0.15, 0.2) is 28.7 Å². The van der Waals surface area contributed by atoms with Crippen molar-refractivity contribution in [2.24, 2.45) is 0 Å². The van der Waals surface area contributed by atoms with Crippen LogP contribution in [0.2, 0.25) is 0 Å². The molecule has 2 unspecified atom stereocenters. The fourth-order valence-electron chi connectivity index (χ4n) is 2.29. The number of nitrogens with two attached hydrogens (primary N) is 1. The lowest BCUT2D eigenvalue weighted by Crippen LogP contribution is -2.13. The summed E-state index contributed by atoms with van der Waals surface area (Å²) < 4.78 is 19.2. The quantitative estimate of drug-likeness (QED) is 0.762. The van der Waals surface area contributed by atoms with Crippen molar-refractivity contribution in [3.05, 3.63) is 41.4 Å². The van der Waals surface area contributed by atoms with Crippen LogP contribution < -0.4 is 11.1 Å². The van der Waals surface area contributed by atoms with Gasteiger partial charge in [-0.3, -0.25) is 0 Å². The SMILES string of the molecule is Cc1ccc2cc(C(C)Nc3nc(N)nc(C(C)F)n3)oc2c1. The number of hydrogen-bond donors (Lipinski definition) is 2. The van der Waals surface area contributed by atoms with Gasteiger partial charge in [-0.25, -0.2) is 4.39 Å². The highest BCUT2D eigenvalue weighted by atomic mass is 19.1. The molecule has 0 amide bonds. The van der Waals surface area contributed by atoms with Gasteiger partial charge >= 0.3 is 0 Å². The van der Waals surface area contributed by atoms with Crippen molar-refractivity contribution in [1.29, 1.82) is 0 Å². The summed E-state index contributed by atoms with van der Waals surface area (Å²) in [5.74, 6) is 0.947. The number of fused-ring (bicyclic) bond motifs is 1. The minimum atomic E-state index is -1.31. The second kappa shape index (κ2) is 5.83. The average molecular weight is 315 g/mol. The van der Waals surface area contributed by atoms with E-state index in [1.165, 1.54) is 6.92 Å². The third-order valence-corrected chi connectivity index (χ3v) is 3.49. The lowest BCUT2D eigenvalue weighted by molar-refractivity contribution is 0.356. The zero-order chi connectivity index (χ0) is 16.6. The van der Waals surface area contributed by atoms with E-state index < -0.39 is 6.17 Å². The van der Waals surface area contributed by atoms with Gasteiger partial charge in [-0.15, -0.1) is 0 Å². The first-order valence-electron chi connectivity index (χ1n) is 7.34. The Bertz CT molecular complexity index is 846. The van der Waals surface area contributed by atoms with Crippen molar-refractivity contribution < 1.29 is 8.81 Å². The zero-order valence-electron chi connectivity index (χ0n) is 13.2. The summed E-state index contributed by atoms with van der Waals surface area (Å²) in [5.41, 5.74) is 7.55.